The summed E-state index contributed by atoms with van der Waals surface area (Å²) in [6.07, 6.45) is 5.43. The molecular formula is C25H38N2O3. The summed E-state index contributed by atoms with van der Waals surface area (Å²) in [5.41, 5.74) is 2.67. The van der Waals surface area contributed by atoms with Gasteiger partial charge in [0.05, 0.1) is 19.6 Å². The van der Waals surface area contributed by atoms with Gasteiger partial charge >= 0.3 is 0 Å². The number of amides is 1. The summed E-state index contributed by atoms with van der Waals surface area (Å²) in [4.78, 5) is 17.0. The molecule has 1 unspecified atom stereocenters. The maximum absolute atomic E-state index is 12.5. The average Bonchev–Trinajstić information content (AvgIpc) is 2.73. The molecule has 166 valence electrons. The Kier molecular flexibility index (Phi) is 9.65. The lowest BCUT2D eigenvalue weighted by atomic mass is 9.93. The van der Waals surface area contributed by atoms with Gasteiger partial charge in [0.25, 0.3) is 0 Å². The third-order valence-electron chi connectivity index (χ3n) is 5.32. The first-order chi connectivity index (χ1) is 14.5. The summed E-state index contributed by atoms with van der Waals surface area (Å²) in [5.74, 6) is 2.10. The van der Waals surface area contributed by atoms with E-state index in [1.54, 1.807) is 6.20 Å². The number of hydrogen-bond donors (Lipinski definition) is 1. The van der Waals surface area contributed by atoms with Crippen LogP contribution >= 0.6 is 0 Å². The third kappa shape index (κ3) is 6.75. The first-order valence-corrected chi connectivity index (χ1v) is 11.2. The molecule has 0 spiro atoms. The fourth-order valence-corrected chi connectivity index (χ4v) is 3.73. The molecule has 30 heavy (non-hydrogen) atoms. The lowest BCUT2D eigenvalue weighted by Crippen LogP contribution is -2.38. The van der Waals surface area contributed by atoms with Crippen LogP contribution in [0.5, 0.6) is 11.5 Å². The number of benzene rings is 1. The average molecular weight is 415 g/mol. The number of carbonyl (C=O) groups excluding carboxylic acids is 1. The van der Waals surface area contributed by atoms with Crippen molar-refractivity contribution in [1.82, 2.24) is 10.3 Å². The zero-order valence-corrected chi connectivity index (χ0v) is 19.0. The van der Waals surface area contributed by atoms with E-state index in [1.807, 2.05) is 44.2 Å². The van der Waals surface area contributed by atoms with Gasteiger partial charge in [-0.1, -0.05) is 32.8 Å². The van der Waals surface area contributed by atoms with Crippen LogP contribution in [0.1, 0.15) is 61.0 Å². The second-order valence-corrected chi connectivity index (χ2v) is 7.55. The highest BCUT2D eigenvalue weighted by molar-refractivity contribution is 5.78. The van der Waals surface area contributed by atoms with Crippen LogP contribution in [0.2, 0.25) is 0 Å². The molecule has 1 aromatic carbocycles. The molecule has 5 nitrogen and oxygen atoms in total. The van der Waals surface area contributed by atoms with Gasteiger partial charge in [-0.25, -0.2) is 0 Å². The third-order valence-corrected chi connectivity index (χ3v) is 5.32. The van der Waals surface area contributed by atoms with E-state index >= 15 is 0 Å². The molecular weight excluding hydrogens is 376 g/mol. The number of hydrogen-bond acceptors (Lipinski definition) is 4. The highest BCUT2D eigenvalue weighted by Crippen LogP contribution is 2.33. The van der Waals surface area contributed by atoms with Crippen LogP contribution in [0.25, 0.3) is 11.1 Å². The minimum absolute atomic E-state index is 0. The molecule has 0 saturated carbocycles. The predicted octanol–water partition coefficient (Wildman–Crippen LogP) is 5.67. The Bertz CT molecular complexity index is 796. The Morgan fingerprint density at radius 1 is 1.10 bits per heavy atom. The van der Waals surface area contributed by atoms with Gasteiger partial charge in [-0.15, -0.1) is 0 Å². The SMILES string of the molecule is CCCC(CC)[C@@H](C)NC(=O)Cc1ccc(-c2ccc(OCC)cc2OCC)cn1.[HH]. The standard InChI is InChI=1S/C25H36N2O3.H2/c1-6-10-19(7-2)18(5)27-25(28)15-21-12-11-20(17-26-21)23-14-13-22(29-8-3)16-24(23)30-9-4;/h11-14,16-19H,6-10,15H2,1-5H3,(H,27,28);1H/t18-,19?;/m1./s1. The van der Waals surface area contributed by atoms with E-state index in [0.717, 1.165) is 47.6 Å². The van der Waals surface area contributed by atoms with Crippen LogP contribution in [0.3, 0.4) is 0 Å². The molecule has 0 aliphatic heterocycles. The summed E-state index contributed by atoms with van der Waals surface area (Å²) in [6.45, 7) is 11.6. The molecule has 0 fully saturated rings. The molecule has 0 saturated heterocycles. The van der Waals surface area contributed by atoms with Gasteiger partial charge in [0, 0.05) is 36.6 Å². The van der Waals surface area contributed by atoms with Crippen LogP contribution < -0.4 is 14.8 Å². The Hall–Kier alpha value is -2.56. The van der Waals surface area contributed by atoms with Crippen molar-refractivity contribution in [1.29, 1.82) is 0 Å². The lowest BCUT2D eigenvalue weighted by molar-refractivity contribution is -0.121. The molecule has 1 heterocycles. The van der Waals surface area contributed by atoms with Gasteiger partial charge in [-0.2, -0.15) is 0 Å². The van der Waals surface area contributed by atoms with E-state index in [2.05, 4.69) is 31.1 Å². The minimum atomic E-state index is 0. The number of nitrogens with zero attached hydrogens (tertiary/aromatic N) is 1. The van der Waals surface area contributed by atoms with E-state index in [9.17, 15) is 4.79 Å². The monoisotopic (exact) mass is 414 g/mol. The molecule has 0 aliphatic rings. The lowest BCUT2D eigenvalue weighted by Gasteiger charge is -2.23. The second-order valence-electron chi connectivity index (χ2n) is 7.55. The fraction of sp³-hybridized carbons (Fsp3) is 0.520. The molecule has 2 atom stereocenters. The normalized spacial score (nSPS) is 12.8. The highest BCUT2D eigenvalue weighted by atomic mass is 16.5. The number of carbonyl (C=O) groups is 1. The number of pyridine rings is 1. The molecule has 0 aliphatic carbocycles. The van der Waals surface area contributed by atoms with E-state index in [1.165, 1.54) is 0 Å². The summed E-state index contributed by atoms with van der Waals surface area (Å²) < 4.78 is 11.4. The van der Waals surface area contributed by atoms with Gasteiger partial charge in [0.1, 0.15) is 11.5 Å². The Morgan fingerprint density at radius 2 is 1.87 bits per heavy atom. The van der Waals surface area contributed by atoms with Crippen molar-refractivity contribution in [2.45, 2.75) is 66.3 Å². The first-order valence-electron chi connectivity index (χ1n) is 11.2. The fourth-order valence-electron chi connectivity index (χ4n) is 3.73. The topological polar surface area (TPSA) is 60.5 Å². The largest absolute Gasteiger partial charge is 0.494 e. The molecule has 1 amide bonds. The van der Waals surface area contributed by atoms with Gasteiger partial charge in [-0.3, -0.25) is 9.78 Å². The van der Waals surface area contributed by atoms with Crippen LogP contribution in [-0.2, 0) is 11.2 Å². The molecule has 0 radical (unpaired) electrons. The summed E-state index contributed by atoms with van der Waals surface area (Å²) in [7, 11) is 0. The zero-order valence-electron chi connectivity index (χ0n) is 19.0. The van der Waals surface area contributed by atoms with Crippen LogP contribution in [0.4, 0.5) is 0 Å². The Balaban J connectivity index is 0.00000480. The predicted molar refractivity (Wildman–Crippen MR) is 124 cm³/mol. The summed E-state index contributed by atoms with van der Waals surface area (Å²) >= 11 is 0. The quantitative estimate of drug-likeness (QED) is 0.486. The van der Waals surface area contributed by atoms with Gasteiger partial charge < -0.3 is 14.8 Å². The Morgan fingerprint density at radius 3 is 2.47 bits per heavy atom. The smallest absolute Gasteiger partial charge is 0.226 e. The highest BCUT2D eigenvalue weighted by Gasteiger charge is 2.17. The van der Waals surface area contributed by atoms with Crippen molar-refractivity contribution < 1.29 is 15.7 Å². The first kappa shape index (κ1) is 23.7. The summed E-state index contributed by atoms with van der Waals surface area (Å²) in [6, 6.07) is 9.91. The maximum atomic E-state index is 12.5. The number of nitrogens with one attached hydrogen (secondary N) is 1. The van der Waals surface area contributed by atoms with E-state index in [0.29, 0.717) is 19.1 Å². The molecule has 1 N–H and O–H groups in total. The molecule has 0 bridgehead atoms. The van der Waals surface area contributed by atoms with Crippen LogP contribution in [-0.4, -0.2) is 30.1 Å². The molecule has 1 aromatic heterocycles. The second kappa shape index (κ2) is 12.2. The van der Waals surface area contributed by atoms with E-state index < -0.39 is 0 Å². The van der Waals surface area contributed by atoms with Crippen molar-refractivity contribution >= 4 is 5.91 Å². The van der Waals surface area contributed by atoms with Gasteiger partial charge in [0.15, 0.2) is 0 Å². The van der Waals surface area contributed by atoms with Crippen molar-refractivity contribution in [2.24, 2.45) is 5.92 Å². The number of rotatable bonds is 12. The van der Waals surface area contributed by atoms with Gasteiger partial charge in [-0.05, 0) is 51.3 Å². The number of aromatic nitrogens is 1. The zero-order chi connectivity index (χ0) is 21.9. The Labute approximate surface area is 182 Å². The van der Waals surface area contributed by atoms with Crippen molar-refractivity contribution in [3.63, 3.8) is 0 Å². The van der Waals surface area contributed by atoms with Gasteiger partial charge in [0.2, 0.25) is 5.91 Å². The van der Waals surface area contributed by atoms with Crippen LogP contribution in [0.15, 0.2) is 36.5 Å². The molecule has 5 heteroatoms. The van der Waals surface area contributed by atoms with Crippen molar-refractivity contribution in [2.75, 3.05) is 13.2 Å². The number of ether oxygens (including phenoxy) is 2. The van der Waals surface area contributed by atoms with Crippen molar-refractivity contribution in [3.8, 4) is 22.6 Å². The molecule has 2 rings (SSSR count). The van der Waals surface area contributed by atoms with E-state index in [-0.39, 0.29) is 19.8 Å². The maximum Gasteiger partial charge on any atom is 0.226 e. The van der Waals surface area contributed by atoms with Crippen molar-refractivity contribution in [3.05, 3.63) is 42.2 Å². The van der Waals surface area contributed by atoms with E-state index in [4.69, 9.17) is 9.47 Å². The summed E-state index contributed by atoms with van der Waals surface area (Å²) in [5, 5.41) is 3.14. The van der Waals surface area contributed by atoms with Crippen LogP contribution in [0, 0.1) is 5.92 Å². The molecule has 2 aromatic rings. The minimum Gasteiger partial charge on any atom is -0.494 e.